The molecule has 3 aromatic rings. The molecule has 192 valence electrons. The zero-order chi connectivity index (χ0) is 25.8. The van der Waals surface area contributed by atoms with Crippen LogP contribution in [0.5, 0.6) is 0 Å². The number of anilines is 2. The number of aromatic amines is 1. The molecule has 3 N–H and O–H groups in total. The molecule has 2 atom stereocenters. The van der Waals surface area contributed by atoms with E-state index < -0.39 is 12.1 Å². The Bertz CT molecular complexity index is 1300. The molecule has 2 fully saturated rings. The van der Waals surface area contributed by atoms with Crippen LogP contribution in [0.3, 0.4) is 0 Å². The number of carbonyl (C=O) groups excluding carboxylic acids is 2. The molecule has 1 aliphatic carbocycles. The van der Waals surface area contributed by atoms with E-state index in [4.69, 9.17) is 0 Å². The summed E-state index contributed by atoms with van der Waals surface area (Å²) < 4.78 is 13.3. The van der Waals surface area contributed by atoms with Gasteiger partial charge in [0.15, 0.2) is 11.6 Å². The number of hydrogen-bond donors (Lipinski definition) is 3. The summed E-state index contributed by atoms with van der Waals surface area (Å²) in [5, 5.41) is 12.8. The van der Waals surface area contributed by atoms with E-state index in [1.807, 2.05) is 42.2 Å². The van der Waals surface area contributed by atoms with E-state index in [1.54, 1.807) is 12.3 Å². The minimum Gasteiger partial charge on any atom is -0.309 e. The average molecular weight is 504 g/mol. The van der Waals surface area contributed by atoms with Gasteiger partial charge in [0.2, 0.25) is 11.8 Å². The minimum atomic E-state index is -0.785. The molecule has 2 amide bonds. The van der Waals surface area contributed by atoms with Gasteiger partial charge in [0.25, 0.3) is 0 Å². The first-order chi connectivity index (χ1) is 17.9. The molecule has 1 aliphatic heterocycles. The second-order valence-corrected chi connectivity index (χ2v) is 9.65. The van der Waals surface area contributed by atoms with Gasteiger partial charge in [-0.3, -0.25) is 24.6 Å². The van der Waals surface area contributed by atoms with Gasteiger partial charge >= 0.3 is 0 Å². The Kier molecular flexibility index (Phi) is 7.36. The van der Waals surface area contributed by atoms with Gasteiger partial charge in [-0.1, -0.05) is 24.3 Å². The van der Waals surface area contributed by atoms with Crippen molar-refractivity contribution in [2.75, 3.05) is 30.3 Å². The van der Waals surface area contributed by atoms with Crippen LogP contribution in [0.15, 0.2) is 54.9 Å². The summed E-state index contributed by atoms with van der Waals surface area (Å²) in [4.78, 5) is 35.8. The van der Waals surface area contributed by atoms with Crippen molar-refractivity contribution in [1.29, 1.82) is 0 Å². The predicted octanol–water partition coefficient (Wildman–Crippen LogP) is 4.02. The van der Waals surface area contributed by atoms with Crippen LogP contribution in [-0.2, 0) is 9.59 Å². The fourth-order valence-electron chi connectivity index (χ4n) is 4.35. The van der Waals surface area contributed by atoms with Crippen LogP contribution < -0.4 is 10.6 Å². The highest BCUT2D eigenvalue weighted by molar-refractivity contribution is 5.98. The van der Waals surface area contributed by atoms with Crippen molar-refractivity contribution >= 4 is 23.5 Å². The Morgan fingerprint density at radius 3 is 2.84 bits per heavy atom. The summed E-state index contributed by atoms with van der Waals surface area (Å²) in [5.41, 5.74) is 3.24. The lowest BCUT2D eigenvalue weighted by atomic mass is 9.97. The van der Waals surface area contributed by atoms with Crippen molar-refractivity contribution in [1.82, 2.24) is 25.1 Å². The third-order valence-corrected chi connectivity index (χ3v) is 6.68. The van der Waals surface area contributed by atoms with Gasteiger partial charge in [0.05, 0.1) is 24.0 Å². The highest BCUT2D eigenvalue weighted by Crippen LogP contribution is 2.39. The number of likely N-dealkylation sites (tertiary alicyclic amines) is 1. The topological polar surface area (TPSA) is 116 Å². The zero-order valence-electron chi connectivity index (χ0n) is 20.7. The van der Waals surface area contributed by atoms with Gasteiger partial charge in [0.1, 0.15) is 6.17 Å². The van der Waals surface area contributed by atoms with Crippen molar-refractivity contribution in [3.63, 3.8) is 0 Å². The first-order valence-electron chi connectivity index (χ1n) is 12.6. The fourth-order valence-corrected chi connectivity index (χ4v) is 4.35. The van der Waals surface area contributed by atoms with Crippen LogP contribution in [-0.4, -0.2) is 62.7 Å². The van der Waals surface area contributed by atoms with Crippen molar-refractivity contribution < 1.29 is 14.0 Å². The number of alkyl halides is 1. The lowest BCUT2D eigenvalue weighted by Crippen LogP contribution is -2.21. The highest BCUT2D eigenvalue weighted by atomic mass is 19.1. The fraction of sp³-hybridized carbons (Fsp3) is 0.370. The van der Waals surface area contributed by atoms with E-state index in [9.17, 15) is 14.0 Å². The number of benzene rings is 1. The summed E-state index contributed by atoms with van der Waals surface area (Å²) in [6.07, 6.45) is 8.30. The third kappa shape index (κ3) is 6.45. The normalized spacial score (nSPS) is 18.7. The Morgan fingerprint density at radius 2 is 2.05 bits per heavy atom. The second-order valence-electron chi connectivity index (χ2n) is 9.65. The molecule has 0 unspecified atom stereocenters. The Hall–Kier alpha value is -3.92. The van der Waals surface area contributed by atoms with Crippen molar-refractivity contribution in [2.24, 2.45) is 0 Å². The van der Waals surface area contributed by atoms with Gasteiger partial charge in [0, 0.05) is 49.0 Å². The molecule has 10 heteroatoms. The number of nitrogens with zero attached hydrogens (tertiary/aromatic N) is 4. The number of rotatable bonds is 9. The summed E-state index contributed by atoms with van der Waals surface area (Å²) in [6.45, 7) is 3.47. The summed E-state index contributed by atoms with van der Waals surface area (Å²) in [6, 6.07) is 9.43. The van der Waals surface area contributed by atoms with E-state index in [1.165, 1.54) is 12.3 Å². The van der Waals surface area contributed by atoms with Crippen LogP contribution in [0.1, 0.15) is 49.3 Å². The number of nitrogens with one attached hydrogen (secondary N) is 3. The molecule has 1 saturated carbocycles. The zero-order valence-corrected chi connectivity index (χ0v) is 20.7. The maximum absolute atomic E-state index is 13.3. The van der Waals surface area contributed by atoms with Gasteiger partial charge in [-0.2, -0.15) is 5.10 Å². The van der Waals surface area contributed by atoms with E-state index >= 15 is 0 Å². The van der Waals surface area contributed by atoms with E-state index in [0.717, 1.165) is 29.7 Å². The quantitative estimate of drug-likeness (QED) is 0.380. The van der Waals surface area contributed by atoms with Crippen molar-refractivity contribution in [2.45, 2.75) is 44.2 Å². The molecule has 37 heavy (non-hydrogen) atoms. The summed E-state index contributed by atoms with van der Waals surface area (Å²) in [5.74, 6) is 0.491. The highest BCUT2D eigenvalue weighted by Gasteiger charge is 2.26. The molecule has 0 bridgehead atoms. The molecular weight excluding hydrogens is 473 g/mol. The molecular formula is C27H30FN7O2. The van der Waals surface area contributed by atoms with Crippen molar-refractivity contribution in [3.05, 3.63) is 66.1 Å². The maximum atomic E-state index is 13.3. The van der Waals surface area contributed by atoms with Crippen LogP contribution in [0, 0.1) is 0 Å². The molecule has 5 rings (SSSR count). The lowest BCUT2D eigenvalue weighted by molar-refractivity contribution is -0.117. The maximum Gasteiger partial charge on any atom is 0.249 e. The largest absolute Gasteiger partial charge is 0.309 e. The predicted molar refractivity (Wildman–Crippen MR) is 139 cm³/mol. The summed E-state index contributed by atoms with van der Waals surface area (Å²) >= 11 is 0. The minimum absolute atomic E-state index is 0.152. The third-order valence-electron chi connectivity index (χ3n) is 6.68. The van der Waals surface area contributed by atoms with Crippen LogP contribution in [0.2, 0.25) is 0 Å². The number of hydrogen-bond acceptors (Lipinski definition) is 6. The molecule has 9 nitrogen and oxygen atoms in total. The van der Waals surface area contributed by atoms with Gasteiger partial charge in [-0.15, -0.1) is 0 Å². The van der Waals surface area contributed by atoms with Crippen LogP contribution in [0.4, 0.5) is 16.0 Å². The Balaban J connectivity index is 1.20. The number of aromatic nitrogens is 4. The molecule has 1 saturated heterocycles. The smallest absolute Gasteiger partial charge is 0.249 e. The standard InChI is InChI=1S/C27H30FN7O2/c1-17(27(37)32-24-13-22(33-34-24)18-7-8-18)19-4-2-5-20(12-19)23-14-29-15-25(30-23)31-26(36)6-3-10-35-11-9-21(28)16-35/h2-6,12-15,17-18,21H,7-11,16H2,1H3,(H,30,31,36)(H2,32,33,34,37)/t17-,21-/m0/s1. The Labute approximate surface area is 214 Å². The van der Waals surface area contributed by atoms with Crippen LogP contribution >= 0.6 is 0 Å². The molecule has 2 aromatic heterocycles. The average Bonchev–Trinajstić information content (AvgIpc) is 3.51. The van der Waals surface area contributed by atoms with Crippen LogP contribution in [0.25, 0.3) is 11.3 Å². The van der Waals surface area contributed by atoms with E-state index in [-0.39, 0.29) is 11.8 Å². The number of carbonyl (C=O) groups is 2. The number of amides is 2. The number of H-pyrrole nitrogens is 1. The number of halogens is 1. The molecule has 1 aromatic carbocycles. The molecule has 3 heterocycles. The van der Waals surface area contributed by atoms with E-state index in [2.05, 4.69) is 30.8 Å². The molecule has 0 radical (unpaired) electrons. The summed E-state index contributed by atoms with van der Waals surface area (Å²) in [7, 11) is 0. The first kappa shape index (κ1) is 24.8. The second kappa shape index (κ2) is 11.0. The van der Waals surface area contributed by atoms with Gasteiger partial charge < -0.3 is 10.6 Å². The van der Waals surface area contributed by atoms with Crippen molar-refractivity contribution in [3.8, 4) is 11.3 Å². The molecule has 2 aliphatic rings. The first-order valence-corrected chi connectivity index (χ1v) is 12.6. The molecule has 0 spiro atoms. The Morgan fingerprint density at radius 1 is 1.19 bits per heavy atom. The lowest BCUT2D eigenvalue weighted by Gasteiger charge is -2.13. The SMILES string of the molecule is C[C@H](C(=O)Nc1cc(C2CC2)[nH]n1)c1cccc(-c2cncc(NC(=O)C=CCN3CC[C@H](F)C3)n2)c1. The van der Waals surface area contributed by atoms with E-state index in [0.29, 0.717) is 49.3 Å². The van der Waals surface area contributed by atoms with Gasteiger partial charge in [-0.25, -0.2) is 9.37 Å². The van der Waals surface area contributed by atoms with Gasteiger partial charge in [-0.05, 0) is 37.8 Å². The monoisotopic (exact) mass is 503 g/mol.